The van der Waals surface area contributed by atoms with E-state index in [1.54, 1.807) is 7.05 Å². The Morgan fingerprint density at radius 2 is 2.08 bits per heavy atom. The molecule has 0 bridgehead atoms. The van der Waals surface area contributed by atoms with Gasteiger partial charge < -0.3 is 5.32 Å². The molecule has 0 heterocycles. The fourth-order valence-electron chi connectivity index (χ4n) is 0.993. The summed E-state index contributed by atoms with van der Waals surface area (Å²) in [6, 6.07) is 7.39. The van der Waals surface area contributed by atoms with Crippen molar-refractivity contribution in [3.05, 3.63) is 35.4 Å². The van der Waals surface area contributed by atoms with Crippen LogP contribution in [0.25, 0.3) is 0 Å². The molecule has 0 saturated carbocycles. The van der Waals surface area contributed by atoms with Crippen molar-refractivity contribution >= 4 is 5.91 Å². The standard InChI is InChI=1S/C11H11NO/c1-3-9-4-6-10(7-5-9)8-11(13)12-2/h1,4-7H,8H2,2H3,(H,12,13). The number of amides is 1. The quantitative estimate of drug-likeness (QED) is 0.663. The second-order valence-corrected chi connectivity index (χ2v) is 2.69. The van der Waals surface area contributed by atoms with E-state index >= 15 is 0 Å². The van der Waals surface area contributed by atoms with Crippen molar-refractivity contribution in [1.82, 2.24) is 5.32 Å². The fraction of sp³-hybridized carbons (Fsp3) is 0.182. The van der Waals surface area contributed by atoms with Gasteiger partial charge in [0, 0.05) is 12.6 Å². The first-order chi connectivity index (χ1) is 6.26. The minimum Gasteiger partial charge on any atom is -0.359 e. The molecular weight excluding hydrogens is 162 g/mol. The smallest absolute Gasteiger partial charge is 0.224 e. The molecule has 1 N–H and O–H groups in total. The van der Waals surface area contributed by atoms with Gasteiger partial charge in [-0.05, 0) is 17.7 Å². The van der Waals surface area contributed by atoms with Crippen LogP contribution in [0.4, 0.5) is 0 Å². The number of benzene rings is 1. The van der Waals surface area contributed by atoms with Gasteiger partial charge in [-0.1, -0.05) is 18.1 Å². The molecule has 2 heteroatoms. The number of likely N-dealkylation sites (N-methyl/N-ethyl adjacent to an activating group) is 1. The maximum Gasteiger partial charge on any atom is 0.224 e. The maximum absolute atomic E-state index is 11.0. The highest BCUT2D eigenvalue weighted by molar-refractivity contribution is 5.78. The lowest BCUT2D eigenvalue weighted by molar-refractivity contribution is -0.119. The second kappa shape index (κ2) is 4.32. The molecule has 0 spiro atoms. The summed E-state index contributed by atoms with van der Waals surface area (Å²) in [5.41, 5.74) is 1.80. The summed E-state index contributed by atoms with van der Waals surface area (Å²) in [7, 11) is 1.62. The van der Waals surface area contributed by atoms with Gasteiger partial charge in [0.05, 0.1) is 6.42 Å². The molecule has 0 aliphatic heterocycles. The van der Waals surface area contributed by atoms with Crippen molar-refractivity contribution in [2.45, 2.75) is 6.42 Å². The molecule has 13 heavy (non-hydrogen) atoms. The van der Waals surface area contributed by atoms with E-state index in [0.29, 0.717) is 6.42 Å². The maximum atomic E-state index is 11.0. The van der Waals surface area contributed by atoms with Crippen molar-refractivity contribution in [2.75, 3.05) is 7.05 Å². The first-order valence-electron chi connectivity index (χ1n) is 4.02. The average molecular weight is 173 g/mol. The number of terminal acetylenes is 1. The van der Waals surface area contributed by atoms with Crippen molar-refractivity contribution in [3.63, 3.8) is 0 Å². The Morgan fingerprint density at radius 1 is 1.46 bits per heavy atom. The first-order valence-corrected chi connectivity index (χ1v) is 4.02. The van der Waals surface area contributed by atoms with E-state index < -0.39 is 0 Å². The zero-order valence-electron chi connectivity index (χ0n) is 7.50. The summed E-state index contributed by atoms with van der Waals surface area (Å²) in [6.45, 7) is 0. The average Bonchev–Trinajstić information content (AvgIpc) is 2.19. The number of hydrogen-bond acceptors (Lipinski definition) is 1. The molecular formula is C11H11NO. The summed E-state index contributed by atoms with van der Waals surface area (Å²) >= 11 is 0. The number of carbonyl (C=O) groups is 1. The number of nitrogens with one attached hydrogen (secondary N) is 1. The van der Waals surface area contributed by atoms with Crippen LogP contribution in [0.15, 0.2) is 24.3 Å². The third kappa shape index (κ3) is 2.64. The van der Waals surface area contributed by atoms with Crippen LogP contribution in [-0.2, 0) is 11.2 Å². The molecule has 0 fully saturated rings. The normalized spacial score (nSPS) is 8.92. The van der Waals surface area contributed by atoms with E-state index in [-0.39, 0.29) is 5.91 Å². The molecule has 0 saturated heterocycles. The molecule has 2 nitrogen and oxygen atoms in total. The predicted molar refractivity (Wildman–Crippen MR) is 52.1 cm³/mol. The van der Waals surface area contributed by atoms with Crippen LogP contribution in [0.5, 0.6) is 0 Å². The van der Waals surface area contributed by atoms with Crippen LogP contribution in [0.2, 0.25) is 0 Å². The van der Waals surface area contributed by atoms with Gasteiger partial charge in [-0.25, -0.2) is 0 Å². The van der Waals surface area contributed by atoms with E-state index in [1.807, 2.05) is 24.3 Å². The van der Waals surface area contributed by atoms with E-state index in [0.717, 1.165) is 11.1 Å². The van der Waals surface area contributed by atoms with E-state index in [4.69, 9.17) is 6.42 Å². The fourth-order valence-corrected chi connectivity index (χ4v) is 0.993. The number of hydrogen-bond donors (Lipinski definition) is 1. The van der Waals surface area contributed by atoms with Crippen molar-refractivity contribution in [1.29, 1.82) is 0 Å². The SMILES string of the molecule is C#Cc1ccc(CC(=O)NC)cc1. The molecule has 0 aliphatic rings. The lowest BCUT2D eigenvalue weighted by Crippen LogP contribution is -2.19. The Labute approximate surface area is 78.0 Å². The topological polar surface area (TPSA) is 29.1 Å². The minimum atomic E-state index is 0.00783. The molecule has 1 rings (SSSR count). The summed E-state index contributed by atoms with van der Waals surface area (Å²) < 4.78 is 0. The van der Waals surface area contributed by atoms with Crippen LogP contribution >= 0.6 is 0 Å². The zero-order chi connectivity index (χ0) is 9.68. The van der Waals surface area contributed by atoms with Gasteiger partial charge in [-0.3, -0.25) is 4.79 Å². The number of rotatable bonds is 2. The van der Waals surface area contributed by atoms with Crippen molar-refractivity contribution in [3.8, 4) is 12.3 Å². The van der Waals surface area contributed by atoms with Crippen LogP contribution in [-0.4, -0.2) is 13.0 Å². The highest BCUT2D eigenvalue weighted by Crippen LogP contribution is 2.03. The zero-order valence-corrected chi connectivity index (χ0v) is 7.50. The third-order valence-corrected chi connectivity index (χ3v) is 1.76. The molecule has 0 atom stereocenters. The lowest BCUT2D eigenvalue weighted by atomic mass is 10.1. The Bertz CT molecular complexity index is 332. The molecule has 0 aromatic heterocycles. The van der Waals surface area contributed by atoms with E-state index in [1.165, 1.54) is 0 Å². The Hall–Kier alpha value is -1.75. The van der Waals surface area contributed by atoms with Gasteiger partial charge in [0.25, 0.3) is 0 Å². The highest BCUT2D eigenvalue weighted by Gasteiger charge is 1.99. The molecule has 1 amide bonds. The molecule has 66 valence electrons. The molecule has 1 aromatic carbocycles. The Morgan fingerprint density at radius 3 is 2.54 bits per heavy atom. The summed E-state index contributed by atoms with van der Waals surface area (Å²) in [5, 5.41) is 2.56. The monoisotopic (exact) mass is 173 g/mol. The lowest BCUT2D eigenvalue weighted by Gasteiger charge is -1.99. The first kappa shape index (κ1) is 9.34. The summed E-state index contributed by atoms with van der Waals surface area (Å²) in [4.78, 5) is 11.0. The predicted octanol–water partition coefficient (Wildman–Crippen LogP) is 0.956. The third-order valence-electron chi connectivity index (χ3n) is 1.76. The highest BCUT2D eigenvalue weighted by atomic mass is 16.1. The van der Waals surface area contributed by atoms with E-state index in [9.17, 15) is 4.79 Å². The van der Waals surface area contributed by atoms with Crippen LogP contribution < -0.4 is 5.32 Å². The van der Waals surface area contributed by atoms with Gasteiger partial charge in [0.2, 0.25) is 5.91 Å². The van der Waals surface area contributed by atoms with Gasteiger partial charge >= 0.3 is 0 Å². The Kier molecular flexibility index (Phi) is 3.10. The van der Waals surface area contributed by atoms with Crippen LogP contribution in [0.1, 0.15) is 11.1 Å². The van der Waals surface area contributed by atoms with Crippen molar-refractivity contribution in [2.24, 2.45) is 0 Å². The van der Waals surface area contributed by atoms with Gasteiger partial charge in [-0.15, -0.1) is 6.42 Å². The van der Waals surface area contributed by atoms with Gasteiger partial charge in [0.1, 0.15) is 0 Å². The second-order valence-electron chi connectivity index (χ2n) is 2.69. The summed E-state index contributed by atoms with van der Waals surface area (Å²) in [6.07, 6.45) is 5.60. The van der Waals surface area contributed by atoms with Crippen LogP contribution in [0.3, 0.4) is 0 Å². The van der Waals surface area contributed by atoms with Gasteiger partial charge in [0.15, 0.2) is 0 Å². The van der Waals surface area contributed by atoms with Crippen molar-refractivity contribution < 1.29 is 4.79 Å². The summed E-state index contributed by atoms with van der Waals surface area (Å²) in [5.74, 6) is 2.53. The van der Waals surface area contributed by atoms with E-state index in [2.05, 4.69) is 11.2 Å². The number of carbonyl (C=O) groups excluding carboxylic acids is 1. The Balaban J connectivity index is 2.71. The molecule has 0 radical (unpaired) electrons. The largest absolute Gasteiger partial charge is 0.359 e. The molecule has 1 aromatic rings. The molecule has 0 aliphatic carbocycles. The van der Waals surface area contributed by atoms with Gasteiger partial charge in [-0.2, -0.15) is 0 Å². The minimum absolute atomic E-state index is 0.00783. The van der Waals surface area contributed by atoms with Crippen LogP contribution in [0, 0.1) is 12.3 Å². The molecule has 0 unspecified atom stereocenters.